The number of piperazine rings is 1. The fraction of sp³-hybridized carbons (Fsp3) is 0.613. The van der Waals surface area contributed by atoms with Crippen molar-refractivity contribution in [3.8, 4) is 11.5 Å². The molecule has 0 unspecified atom stereocenters. The van der Waals surface area contributed by atoms with Gasteiger partial charge in [0.15, 0.2) is 5.78 Å². The molecule has 3 heterocycles. The van der Waals surface area contributed by atoms with E-state index in [-0.39, 0.29) is 11.4 Å². The Kier molecular flexibility index (Phi) is 8.04. The third-order valence-electron chi connectivity index (χ3n) is 8.17. The third kappa shape index (κ3) is 6.84. The van der Waals surface area contributed by atoms with Gasteiger partial charge < -0.3 is 14.4 Å². The second-order valence-corrected chi connectivity index (χ2v) is 12.1. The molecule has 3 aliphatic rings. The number of nitrogens with zero attached hydrogens (tertiary/aromatic N) is 3. The second-order valence-electron chi connectivity index (χ2n) is 12.1. The largest absolute Gasteiger partial charge is 0.493 e. The minimum absolute atomic E-state index is 0.228. The van der Waals surface area contributed by atoms with E-state index in [9.17, 15) is 4.79 Å². The predicted octanol–water partition coefficient (Wildman–Crippen LogP) is 5.79. The molecule has 6 nitrogen and oxygen atoms in total. The van der Waals surface area contributed by atoms with Crippen LogP contribution < -0.4 is 14.4 Å². The van der Waals surface area contributed by atoms with Crippen LogP contribution in [0.2, 0.25) is 0 Å². The summed E-state index contributed by atoms with van der Waals surface area (Å²) < 4.78 is 11.6. The van der Waals surface area contributed by atoms with Crippen LogP contribution in [0.3, 0.4) is 0 Å². The van der Waals surface area contributed by atoms with Crippen LogP contribution in [0, 0.1) is 11.8 Å². The van der Waals surface area contributed by atoms with Crippen LogP contribution in [0.5, 0.6) is 11.5 Å². The Morgan fingerprint density at radius 1 is 1.00 bits per heavy atom. The van der Waals surface area contributed by atoms with Gasteiger partial charge in [-0.05, 0) is 88.7 Å². The first-order valence-electron chi connectivity index (χ1n) is 14.2. The van der Waals surface area contributed by atoms with E-state index in [0.29, 0.717) is 12.3 Å². The van der Waals surface area contributed by atoms with Gasteiger partial charge >= 0.3 is 0 Å². The number of aromatic nitrogens is 1. The van der Waals surface area contributed by atoms with E-state index in [1.54, 1.807) is 0 Å². The van der Waals surface area contributed by atoms with Crippen LogP contribution in [0.1, 0.15) is 75.2 Å². The van der Waals surface area contributed by atoms with Gasteiger partial charge in [-0.1, -0.05) is 12.8 Å². The summed E-state index contributed by atoms with van der Waals surface area (Å²) in [5.74, 6) is 4.58. The van der Waals surface area contributed by atoms with Gasteiger partial charge in [0.05, 0.1) is 6.61 Å². The number of ether oxygens (including phenoxy) is 2. The average molecular weight is 506 g/mol. The number of ketones is 1. The topological polar surface area (TPSA) is 54.9 Å². The quantitative estimate of drug-likeness (QED) is 0.424. The SMILES string of the molecule is CC(C)(C)Oc1ccc(C(=O)CC2CCC(CCN3CCN(c4nccc5c4CCO5)CC3)CC2)cc1. The first-order valence-corrected chi connectivity index (χ1v) is 14.2. The number of Topliss-reactive ketones (excluding diaryl/α,β-unsaturated/α-hetero) is 1. The number of benzene rings is 1. The molecule has 0 bridgehead atoms. The van der Waals surface area contributed by atoms with Crippen molar-refractivity contribution in [1.82, 2.24) is 9.88 Å². The highest BCUT2D eigenvalue weighted by Crippen LogP contribution is 2.35. The Balaban J connectivity index is 1.00. The lowest BCUT2D eigenvalue weighted by Crippen LogP contribution is -2.47. The van der Waals surface area contributed by atoms with Gasteiger partial charge in [-0.15, -0.1) is 0 Å². The summed E-state index contributed by atoms with van der Waals surface area (Å²) in [7, 11) is 0. The minimum Gasteiger partial charge on any atom is -0.493 e. The summed E-state index contributed by atoms with van der Waals surface area (Å²) in [6, 6.07) is 9.68. The molecule has 0 radical (unpaired) electrons. The van der Waals surface area contributed by atoms with E-state index in [4.69, 9.17) is 9.47 Å². The molecule has 2 aliphatic heterocycles. The van der Waals surface area contributed by atoms with E-state index in [1.165, 1.54) is 44.2 Å². The maximum Gasteiger partial charge on any atom is 0.163 e. The van der Waals surface area contributed by atoms with Crippen molar-refractivity contribution in [3.05, 3.63) is 47.7 Å². The van der Waals surface area contributed by atoms with E-state index in [2.05, 4.69) is 14.8 Å². The summed E-state index contributed by atoms with van der Waals surface area (Å²) in [6.07, 6.45) is 9.70. The lowest BCUT2D eigenvalue weighted by atomic mass is 9.78. The zero-order valence-corrected chi connectivity index (χ0v) is 22.9. The molecule has 5 rings (SSSR count). The molecule has 1 saturated heterocycles. The Bertz CT molecular complexity index is 1050. The Morgan fingerprint density at radius 2 is 1.70 bits per heavy atom. The number of fused-ring (bicyclic) bond motifs is 1. The summed E-state index contributed by atoms with van der Waals surface area (Å²) >= 11 is 0. The Morgan fingerprint density at radius 3 is 2.41 bits per heavy atom. The molecular formula is C31H43N3O3. The molecule has 0 spiro atoms. The Hall–Kier alpha value is -2.60. The highest BCUT2D eigenvalue weighted by atomic mass is 16.5. The zero-order valence-electron chi connectivity index (χ0n) is 22.9. The lowest BCUT2D eigenvalue weighted by molar-refractivity contribution is 0.0940. The van der Waals surface area contributed by atoms with E-state index in [1.807, 2.05) is 57.3 Å². The molecule has 1 aromatic carbocycles. The maximum absolute atomic E-state index is 12.9. The number of rotatable bonds is 8. The zero-order chi connectivity index (χ0) is 25.8. The van der Waals surface area contributed by atoms with Crippen LogP contribution in [0.15, 0.2) is 36.5 Å². The fourth-order valence-electron chi connectivity index (χ4n) is 6.09. The van der Waals surface area contributed by atoms with E-state index in [0.717, 1.165) is 68.0 Å². The number of pyridine rings is 1. The van der Waals surface area contributed by atoms with Crippen molar-refractivity contribution in [3.63, 3.8) is 0 Å². The molecule has 200 valence electrons. The summed E-state index contributed by atoms with van der Waals surface area (Å²) in [4.78, 5) is 22.6. The standard InChI is InChI=1S/C31H43N3O3/c1-31(2,3)37-26-10-8-25(9-11-26)28(35)22-24-6-4-23(5-7-24)13-16-33-17-19-34(20-18-33)30-27-14-21-36-29(27)12-15-32-30/h8-12,15,23-24H,4-7,13-14,16-22H2,1-3H3. The number of anilines is 1. The predicted molar refractivity (Wildman–Crippen MR) is 148 cm³/mol. The van der Waals surface area contributed by atoms with E-state index >= 15 is 0 Å². The van der Waals surface area contributed by atoms with Crippen molar-refractivity contribution in [2.45, 2.75) is 71.3 Å². The minimum atomic E-state index is -0.228. The maximum atomic E-state index is 12.9. The molecule has 1 aliphatic carbocycles. The van der Waals surface area contributed by atoms with Gasteiger partial charge in [0.25, 0.3) is 0 Å². The van der Waals surface area contributed by atoms with E-state index < -0.39 is 0 Å². The van der Waals surface area contributed by atoms with Crippen molar-refractivity contribution >= 4 is 11.6 Å². The van der Waals surface area contributed by atoms with Crippen LogP contribution in [-0.2, 0) is 6.42 Å². The summed E-state index contributed by atoms with van der Waals surface area (Å²) in [6.45, 7) is 12.4. The van der Waals surface area contributed by atoms with Crippen molar-refractivity contribution in [1.29, 1.82) is 0 Å². The van der Waals surface area contributed by atoms with Crippen LogP contribution >= 0.6 is 0 Å². The molecule has 0 atom stereocenters. The first-order chi connectivity index (χ1) is 17.8. The monoisotopic (exact) mass is 505 g/mol. The molecule has 1 saturated carbocycles. The molecule has 6 heteroatoms. The Labute approximate surface area is 222 Å². The van der Waals surface area contributed by atoms with Crippen LogP contribution in [0.4, 0.5) is 5.82 Å². The highest BCUT2D eigenvalue weighted by molar-refractivity contribution is 5.96. The molecule has 37 heavy (non-hydrogen) atoms. The van der Waals surface area contributed by atoms with Crippen molar-refractivity contribution < 1.29 is 14.3 Å². The van der Waals surface area contributed by atoms with Gasteiger partial charge in [-0.3, -0.25) is 9.69 Å². The normalized spacial score (nSPS) is 22.4. The van der Waals surface area contributed by atoms with Gasteiger partial charge in [-0.25, -0.2) is 4.98 Å². The number of hydrogen-bond acceptors (Lipinski definition) is 6. The van der Waals surface area contributed by atoms with Crippen molar-refractivity contribution in [2.75, 3.05) is 44.2 Å². The highest BCUT2D eigenvalue weighted by Gasteiger charge is 2.27. The van der Waals surface area contributed by atoms with Crippen LogP contribution in [-0.4, -0.2) is 60.6 Å². The molecule has 2 fully saturated rings. The first kappa shape index (κ1) is 26.0. The van der Waals surface area contributed by atoms with Crippen LogP contribution in [0.25, 0.3) is 0 Å². The van der Waals surface area contributed by atoms with Gasteiger partial charge in [-0.2, -0.15) is 0 Å². The number of carbonyl (C=O) groups excluding carboxylic acids is 1. The summed E-state index contributed by atoms with van der Waals surface area (Å²) in [5, 5.41) is 0. The smallest absolute Gasteiger partial charge is 0.163 e. The van der Waals surface area contributed by atoms with Gasteiger partial charge in [0.2, 0.25) is 0 Å². The number of carbonyl (C=O) groups is 1. The van der Waals surface area contributed by atoms with Gasteiger partial charge in [0, 0.05) is 56.3 Å². The third-order valence-corrected chi connectivity index (χ3v) is 8.17. The fourth-order valence-corrected chi connectivity index (χ4v) is 6.09. The van der Waals surface area contributed by atoms with Gasteiger partial charge in [0.1, 0.15) is 22.9 Å². The summed E-state index contributed by atoms with van der Waals surface area (Å²) in [5.41, 5.74) is 1.87. The molecule has 2 aromatic rings. The molecule has 0 amide bonds. The number of hydrogen-bond donors (Lipinski definition) is 0. The molecular weight excluding hydrogens is 462 g/mol. The molecule has 1 aromatic heterocycles. The lowest BCUT2D eigenvalue weighted by Gasteiger charge is -2.37. The molecule has 0 N–H and O–H groups in total. The van der Waals surface area contributed by atoms with Crippen molar-refractivity contribution in [2.24, 2.45) is 11.8 Å². The average Bonchev–Trinajstić information content (AvgIpc) is 3.37. The second kappa shape index (κ2) is 11.4.